The molecule has 13 nitrogen and oxygen atoms in total. The fourth-order valence-electron chi connectivity index (χ4n) is 13.5. The number of likely N-dealkylation sites (N-methyl/N-ethyl adjacent to an activating group) is 1. The number of para-hydroxylation sites is 1. The van der Waals surface area contributed by atoms with Crippen molar-refractivity contribution in [3.05, 3.63) is 163 Å². The second kappa shape index (κ2) is 24.4. The molecule has 13 heteroatoms. The molecule has 0 spiro atoms. The second-order valence-corrected chi connectivity index (χ2v) is 23.4. The maximum Gasteiger partial charge on any atom is 0.254 e. The SMILES string of the molecule is CCN1c2cc3c(cc2C(C)CC1(C)C)C(c1ccccc1C(=O)N(C)CC(=O)NCCOCCOCCOCCNC(=O)CCC(=O)N1Cc2ccccc2/C=C\c2ccccc21)=c1cc2c4c(c1C3(C)C)CCC[N+]=4CCC2. The Labute approximate surface area is 472 Å². The number of benzene rings is 5. The minimum absolute atomic E-state index is 0.0226. The first-order valence-corrected chi connectivity index (χ1v) is 29.2. The number of ether oxygens (including phenoxy) is 3. The third-order valence-electron chi connectivity index (χ3n) is 17.2. The van der Waals surface area contributed by atoms with E-state index in [1.165, 1.54) is 54.5 Å². The van der Waals surface area contributed by atoms with Crippen LogP contribution in [0.15, 0.2) is 91.0 Å². The van der Waals surface area contributed by atoms with Gasteiger partial charge in [-0.1, -0.05) is 93.6 Å². The van der Waals surface area contributed by atoms with Crippen molar-refractivity contribution in [2.45, 2.75) is 110 Å². The van der Waals surface area contributed by atoms with E-state index in [1.807, 2.05) is 72.8 Å². The number of aryl methyl sites for hydroxylation is 1. The molecule has 1 unspecified atom stereocenters. The van der Waals surface area contributed by atoms with E-state index in [0.29, 0.717) is 70.8 Å². The first-order chi connectivity index (χ1) is 38.7. The zero-order valence-electron chi connectivity index (χ0n) is 48.2. The van der Waals surface area contributed by atoms with E-state index in [9.17, 15) is 19.2 Å². The predicted octanol–water partition coefficient (Wildman–Crippen LogP) is 7.92. The maximum absolute atomic E-state index is 14.7. The first kappa shape index (κ1) is 56.3. The lowest BCUT2D eigenvalue weighted by Gasteiger charge is -2.48. The Hall–Kier alpha value is -6.93. The van der Waals surface area contributed by atoms with E-state index in [-0.39, 0.29) is 54.0 Å². The molecular weight excluding hydrogens is 1000 g/mol. The van der Waals surface area contributed by atoms with Crippen LogP contribution < -0.4 is 35.6 Å². The lowest BCUT2D eigenvalue weighted by Crippen LogP contribution is -2.50. The number of amides is 4. The Bertz CT molecular complexity index is 3340. The summed E-state index contributed by atoms with van der Waals surface area (Å²) >= 11 is 0. The number of carbonyl (C=O) groups is 4. The molecule has 4 amide bonds. The fraction of sp³-hybridized carbons (Fsp3) is 0.448. The Balaban J connectivity index is 0.689. The van der Waals surface area contributed by atoms with Crippen LogP contribution in [0.25, 0.3) is 17.7 Å². The third-order valence-corrected chi connectivity index (χ3v) is 17.2. The summed E-state index contributed by atoms with van der Waals surface area (Å²) in [6, 6.07) is 31.3. The van der Waals surface area contributed by atoms with Gasteiger partial charge in [0, 0.05) is 85.7 Å². The highest BCUT2D eigenvalue weighted by molar-refractivity contribution is 6.03. The summed E-state index contributed by atoms with van der Waals surface area (Å²) in [4.78, 5) is 60.2. The monoisotopic (exact) mass is 1080 g/mol. The van der Waals surface area contributed by atoms with Gasteiger partial charge in [0.15, 0.2) is 0 Å². The summed E-state index contributed by atoms with van der Waals surface area (Å²) < 4.78 is 19.7. The highest BCUT2D eigenvalue weighted by Crippen LogP contribution is 2.50. The van der Waals surface area contributed by atoms with E-state index in [0.717, 1.165) is 85.3 Å². The van der Waals surface area contributed by atoms with Crippen LogP contribution in [0.1, 0.15) is 146 Å². The van der Waals surface area contributed by atoms with Gasteiger partial charge in [0.05, 0.1) is 58.4 Å². The van der Waals surface area contributed by atoms with Crippen LogP contribution in [-0.4, -0.2) is 120 Å². The van der Waals surface area contributed by atoms with Gasteiger partial charge in [0.25, 0.3) is 5.91 Å². The summed E-state index contributed by atoms with van der Waals surface area (Å²) in [7, 11) is 1.71. The Morgan fingerprint density at radius 2 is 1.36 bits per heavy atom. The highest BCUT2D eigenvalue weighted by Gasteiger charge is 2.43. The molecular formula is C67H81N6O7+. The lowest BCUT2D eigenvalue weighted by atomic mass is 9.64. The van der Waals surface area contributed by atoms with Crippen LogP contribution in [0.5, 0.6) is 0 Å². The van der Waals surface area contributed by atoms with Crippen molar-refractivity contribution < 1.29 is 33.4 Å². The van der Waals surface area contributed by atoms with Crippen LogP contribution in [0, 0.1) is 0 Å². The molecule has 0 bridgehead atoms. The minimum Gasteiger partial charge on any atom is -0.377 e. The molecule has 0 radical (unpaired) electrons. The Morgan fingerprint density at radius 1 is 0.713 bits per heavy atom. The summed E-state index contributed by atoms with van der Waals surface area (Å²) in [5.41, 5.74) is 15.7. The average Bonchev–Trinajstić information content (AvgIpc) is 3.49. The van der Waals surface area contributed by atoms with Gasteiger partial charge >= 0.3 is 0 Å². The number of rotatable bonds is 20. The number of nitrogens with zero attached hydrogens (tertiary/aromatic N) is 4. The molecule has 2 N–H and O–H groups in total. The summed E-state index contributed by atoms with van der Waals surface area (Å²) in [5.74, 6) is -0.415. The topological polar surface area (TPSA) is 133 Å². The molecule has 1 aliphatic carbocycles. The molecule has 5 aliphatic rings. The van der Waals surface area contributed by atoms with E-state index in [2.05, 4.69) is 92.0 Å². The van der Waals surface area contributed by atoms with Crippen LogP contribution in [0.4, 0.5) is 11.4 Å². The molecule has 0 fully saturated rings. The minimum atomic E-state index is -0.288. The lowest BCUT2D eigenvalue weighted by molar-refractivity contribution is -0.125. The molecule has 80 heavy (non-hydrogen) atoms. The molecule has 4 heterocycles. The number of carbonyl (C=O) groups excluding carboxylic acids is 4. The third kappa shape index (κ3) is 11.6. The Morgan fingerprint density at radius 3 is 2.11 bits per heavy atom. The smallest absolute Gasteiger partial charge is 0.254 e. The largest absolute Gasteiger partial charge is 0.377 e. The predicted molar refractivity (Wildman–Crippen MR) is 318 cm³/mol. The molecule has 4 aliphatic heterocycles. The number of anilines is 2. The molecule has 5 aromatic carbocycles. The fourth-order valence-corrected chi connectivity index (χ4v) is 13.5. The van der Waals surface area contributed by atoms with Gasteiger partial charge in [-0.25, -0.2) is 4.58 Å². The first-order valence-electron chi connectivity index (χ1n) is 29.2. The van der Waals surface area contributed by atoms with Gasteiger partial charge < -0.3 is 39.5 Å². The van der Waals surface area contributed by atoms with Crippen LogP contribution in [-0.2, 0) is 53.4 Å². The Kier molecular flexibility index (Phi) is 17.2. The van der Waals surface area contributed by atoms with Crippen molar-refractivity contribution in [1.29, 1.82) is 0 Å². The normalized spacial score (nSPS) is 17.6. The maximum atomic E-state index is 14.7. The summed E-state index contributed by atoms with van der Waals surface area (Å²) in [6.07, 6.45) is 9.69. The van der Waals surface area contributed by atoms with Gasteiger partial charge in [-0.15, -0.1) is 0 Å². The van der Waals surface area contributed by atoms with Gasteiger partial charge in [0.1, 0.15) is 13.1 Å². The van der Waals surface area contributed by atoms with Crippen molar-refractivity contribution in [3.8, 4) is 0 Å². The average molecular weight is 1080 g/mol. The van der Waals surface area contributed by atoms with Crippen molar-refractivity contribution in [3.63, 3.8) is 0 Å². The van der Waals surface area contributed by atoms with Crippen LogP contribution in [0.2, 0.25) is 0 Å². The van der Waals surface area contributed by atoms with Crippen molar-refractivity contribution in [2.24, 2.45) is 0 Å². The molecule has 10 rings (SSSR count). The zero-order chi connectivity index (χ0) is 56.1. The van der Waals surface area contributed by atoms with E-state index < -0.39 is 0 Å². The van der Waals surface area contributed by atoms with E-state index in [4.69, 9.17) is 14.2 Å². The number of nitrogens with one attached hydrogen (secondary N) is 2. The second-order valence-electron chi connectivity index (χ2n) is 23.4. The highest BCUT2D eigenvalue weighted by atomic mass is 16.5. The van der Waals surface area contributed by atoms with Crippen LogP contribution >= 0.6 is 0 Å². The molecule has 5 aromatic rings. The van der Waals surface area contributed by atoms with Crippen molar-refractivity contribution >= 4 is 52.7 Å². The van der Waals surface area contributed by atoms with Gasteiger partial charge in [0.2, 0.25) is 23.1 Å². The zero-order valence-corrected chi connectivity index (χ0v) is 48.2. The van der Waals surface area contributed by atoms with Crippen LogP contribution in [0.3, 0.4) is 0 Å². The molecule has 0 saturated heterocycles. The molecule has 0 saturated carbocycles. The molecule has 1 atom stereocenters. The quantitative estimate of drug-likeness (QED) is 0.0594. The molecule has 0 aromatic heterocycles. The van der Waals surface area contributed by atoms with Gasteiger partial charge in [-0.3, -0.25) is 19.2 Å². The summed E-state index contributed by atoms with van der Waals surface area (Å²) in [6.45, 7) is 20.3. The van der Waals surface area contributed by atoms with Crippen molar-refractivity contribution in [2.75, 3.05) is 95.8 Å². The number of hydrogen-bond acceptors (Lipinski definition) is 8. The molecule has 420 valence electrons. The number of fused-ring (bicyclic) bond motifs is 6. The standard InChI is InChI=1S/C67H80N6O7/c1-8-73-58-41-56-54(40-53(58)45(2)42-66(73,3)4)62(55-39-48-20-15-31-71-32-16-23-52(64(48)71)63(55)67(56,5)6)50-21-12-13-22-51(50)65(77)70(7)44-60(75)69-30-34-79-36-38-80-37-35-78-33-29-68-59(74)27-28-61(76)72-43-49-19-10-9-17-46(49)25-26-47-18-11-14-24-57(47)72/h9-14,17-19,21-22,24-26,39-41,45H,8,15-16,20,23,27-38,42-44H2,1-7H3,(H-,68,69,74,75)/p+1/b26-25-. The van der Waals surface area contributed by atoms with Crippen molar-refractivity contribution in [1.82, 2.24) is 20.1 Å². The summed E-state index contributed by atoms with van der Waals surface area (Å²) in [5, 5.41) is 8.47. The van der Waals surface area contributed by atoms with E-state index in [1.54, 1.807) is 11.9 Å². The van der Waals surface area contributed by atoms with E-state index >= 15 is 0 Å². The van der Waals surface area contributed by atoms with Gasteiger partial charge in [-0.2, -0.15) is 0 Å². The number of hydrogen-bond donors (Lipinski definition) is 2. The van der Waals surface area contributed by atoms with Gasteiger partial charge in [-0.05, 0) is 132 Å².